The molecule has 31 heavy (non-hydrogen) atoms. The van der Waals surface area contributed by atoms with Gasteiger partial charge in [-0.2, -0.15) is 0 Å². The van der Waals surface area contributed by atoms with Crippen LogP contribution in [0.1, 0.15) is 70.6 Å². The fourth-order valence-electron chi connectivity index (χ4n) is 4.14. The molecular formula is C27H39N3O. The Hall–Kier alpha value is -2.88. The number of amides is 2. The van der Waals surface area contributed by atoms with Crippen LogP contribution in [0.15, 0.2) is 59.2 Å². The second-order valence-corrected chi connectivity index (χ2v) is 8.23. The number of carbonyl (C=O) groups is 1. The molecule has 0 saturated heterocycles. The minimum absolute atomic E-state index is 0. The van der Waals surface area contributed by atoms with Gasteiger partial charge in [-0.15, -0.1) is 0 Å². The zero-order valence-corrected chi connectivity index (χ0v) is 19.3. The van der Waals surface area contributed by atoms with E-state index >= 15 is 0 Å². The van der Waals surface area contributed by atoms with Gasteiger partial charge in [-0.25, -0.2) is 4.79 Å². The number of aliphatic imine (C=N–C) groups is 1. The quantitative estimate of drug-likeness (QED) is 0.500. The molecule has 168 valence electrons. The molecule has 4 nitrogen and oxygen atoms in total. The highest BCUT2D eigenvalue weighted by Crippen LogP contribution is 2.37. The van der Waals surface area contributed by atoms with Crippen molar-refractivity contribution < 1.29 is 7.65 Å². The Morgan fingerprint density at radius 1 is 1.16 bits per heavy atom. The number of nitrogens with one attached hydrogen (secondary N) is 1. The zero-order valence-electron chi connectivity index (χ0n) is 19.3. The molecule has 2 amide bonds. The maximum Gasteiger partial charge on any atom is 0.321 e. The van der Waals surface area contributed by atoms with Crippen molar-refractivity contribution in [1.29, 1.82) is 0 Å². The Bertz CT molecular complexity index is 972. The molecule has 1 aliphatic heterocycles. The van der Waals surface area contributed by atoms with Crippen LogP contribution in [0.2, 0.25) is 0 Å². The molecule has 1 unspecified atom stereocenters. The van der Waals surface area contributed by atoms with Gasteiger partial charge in [0.25, 0.3) is 0 Å². The van der Waals surface area contributed by atoms with Crippen LogP contribution in [-0.2, 0) is 0 Å². The van der Waals surface area contributed by atoms with Crippen molar-refractivity contribution in [3.8, 4) is 0 Å². The number of rotatable bonds is 7. The summed E-state index contributed by atoms with van der Waals surface area (Å²) in [5.74, 6) is 0.0454. The molecule has 0 spiro atoms. The third-order valence-electron chi connectivity index (χ3n) is 6.02. The Balaban J connectivity index is 0.00000272. The molecule has 0 aromatic heterocycles. The highest BCUT2D eigenvalue weighted by Gasteiger charge is 2.22. The average molecular weight is 422 g/mol. The SMILES string of the molecule is CCCN(CC)C(=O)Nc1cccc(C(C2=CCCCC=N2)c2cccc(C)c2C)c1.[HH].[HH]. The fraction of sp³-hybridized carbons (Fsp3) is 0.407. The largest absolute Gasteiger partial charge is 0.325 e. The van der Waals surface area contributed by atoms with Crippen LogP contribution in [0.25, 0.3) is 0 Å². The van der Waals surface area contributed by atoms with Gasteiger partial charge in [-0.3, -0.25) is 4.99 Å². The molecule has 0 radical (unpaired) electrons. The van der Waals surface area contributed by atoms with E-state index in [4.69, 9.17) is 4.99 Å². The van der Waals surface area contributed by atoms with Gasteiger partial charge in [0, 0.05) is 33.5 Å². The molecule has 2 aromatic rings. The summed E-state index contributed by atoms with van der Waals surface area (Å²) in [7, 11) is 0. The summed E-state index contributed by atoms with van der Waals surface area (Å²) in [5.41, 5.74) is 6.91. The number of nitrogens with zero attached hydrogens (tertiary/aromatic N) is 2. The van der Waals surface area contributed by atoms with Gasteiger partial charge in [0.05, 0.1) is 5.92 Å². The van der Waals surface area contributed by atoms with Gasteiger partial charge in [-0.1, -0.05) is 43.3 Å². The van der Waals surface area contributed by atoms with Gasteiger partial charge >= 0.3 is 6.03 Å². The molecule has 0 fully saturated rings. The average Bonchev–Trinajstić information content (AvgIpc) is 3.05. The third-order valence-corrected chi connectivity index (χ3v) is 6.02. The molecular weight excluding hydrogens is 382 g/mol. The van der Waals surface area contributed by atoms with Gasteiger partial charge in [0.2, 0.25) is 0 Å². The molecule has 4 heteroatoms. The lowest BCUT2D eigenvalue weighted by Gasteiger charge is -2.24. The standard InChI is InChI=1S/C27H35N3O.2H2/c1-5-18-30(6-2)27(31)29-23-14-11-13-22(19-23)26(25-16-8-7-9-17-28-25)24-15-10-12-20(3)21(24)4;;/h10-17,19,26H,5-9,18H2,1-4H3,(H,29,31);2*1H. The number of urea groups is 1. The van der Waals surface area contributed by atoms with E-state index in [0.717, 1.165) is 49.2 Å². The zero-order chi connectivity index (χ0) is 22.2. The second-order valence-electron chi connectivity index (χ2n) is 8.23. The molecule has 2 aromatic carbocycles. The van der Waals surface area contributed by atoms with Crippen molar-refractivity contribution in [2.45, 2.75) is 59.3 Å². The fourth-order valence-corrected chi connectivity index (χ4v) is 4.14. The first-order valence-corrected chi connectivity index (χ1v) is 11.5. The highest BCUT2D eigenvalue weighted by molar-refractivity contribution is 5.89. The van der Waals surface area contributed by atoms with E-state index in [-0.39, 0.29) is 14.8 Å². The first-order valence-electron chi connectivity index (χ1n) is 11.5. The van der Waals surface area contributed by atoms with Crippen LogP contribution in [-0.4, -0.2) is 30.2 Å². The van der Waals surface area contributed by atoms with Crippen LogP contribution in [0, 0.1) is 13.8 Å². The Morgan fingerprint density at radius 3 is 2.74 bits per heavy atom. The minimum Gasteiger partial charge on any atom is -0.325 e. The predicted molar refractivity (Wildman–Crippen MR) is 135 cm³/mol. The highest BCUT2D eigenvalue weighted by atomic mass is 16.2. The number of anilines is 1. The van der Waals surface area contributed by atoms with Crippen LogP contribution in [0.4, 0.5) is 10.5 Å². The summed E-state index contributed by atoms with van der Waals surface area (Å²) in [5, 5.41) is 3.09. The molecule has 1 N–H and O–H groups in total. The molecule has 3 rings (SSSR count). The van der Waals surface area contributed by atoms with Gasteiger partial charge < -0.3 is 10.2 Å². The van der Waals surface area contributed by atoms with Gasteiger partial charge in [0.15, 0.2) is 0 Å². The van der Waals surface area contributed by atoms with Crippen molar-refractivity contribution >= 4 is 17.9 Å². The number of allylic oxidation sites excluding steroid dienone is 2. The first-order chi connectivity index (χ1) is 15.0. The normalized spacial score (nSPS) is 14.5. The lowest BCUT2D eigenvalue weighted by Crippen LogP contribution is -2.35. The topological polar surface area (TPSA) is 44.7 Å². The molecule has 0 saturated carbocycles. The predicted octanol–water partition coefficient (Wildman–Crippen LogP) is 7.33. The van der Waals surface area contributed by atoms with Crippen molar-refractivity contribution in [2.75, 3.05) is 18.4 Å². The number of benzene rings is 2. The van der Waals surface area contributed by atoms with E-state index in [2.05, 4.69) is 62.5 Å². The monoisotopic (exact) mass is 421 g/mol. The van der Waals surface area contributed by atoms with Crippen molar-refractivity contribution in [1.82, 2.24) is 4.90 Å². The second kappa shape index (κ2) is 10.9. The number of hydrogen-bond acceptors (Lipinski definition) is 2. The van der Waals surface area contributed by atoms with Gasteiger partial charge in [-0.05, 0) is 80.8 Å². The van der Waals surface area contributed by atoms with Crippen molar-refractivity contribution in [3.05, 3.63) is 76.5 Å². The smallest absolute Gasteiger partial charge is 0.321 e. The van der Waals surface area contributed by atoms with Crippen LogP contribution in [0.5, 0.6) is 0 Å². The summed E-state index contributed by atoms with van der Waals surface area (Å²) in [4.78, 5) is 19.4. The summed E-state index contributed by atoms with van der Waals surface area (Å²) >= 11 is 0. The van der Waals surface area contributed by atoms with E-state index in [1.807, 2.05) is 30.2 Å². The molecule has 0 bridgehead atoms. The van der Waals surface area contributed by atoms with Crippen molar-refractivity contribution in [2.24, 2.45) is 4.99 Å². The lowest BCUT2D eigenvalue weighted by atomic mass is 9.84. The van der Waals surface area contributed by atoms with Crippen LogP contribution >= 0.6 is 0 Å². The van der Waals surface area contributed by atoms with E-state index in [1.165, 1.54) is 16.7 Å². The summed E-state index contributed by atoms with van der Waals surface area (Å²) in [6.07, 6.45) is 8.46. The Labute approximate surface area is 190 Å². The summed E-state index contributed by atoms with van der Waals surface area (Å²) < 4.78 is 0. The molecule has 1 atom stereocenters. The van der Waals surface area contributed by atoms with E-state index in [0.29, 0.717) is 6.54 Å². The molecule has 1 heterocycles. The van der Waals surface area contributed by atoms with E-state index in [9.17, 15) is 4.79 Å². The number of hydrogen-bond donors (Lipinski definition) is 1. The maximum atomic E-state index is 12.7. The van der Waals surface area contributed by atoms with E-state index < -0.39 is 0 Å². The Kier molecular flexibility index (Phi) is 8.05. The number of aryl methyl sites for hydroxylation is 1. The van der Waals surface area contributed by atoms with Crippen LogP contribution < -0.4 is 5.32 Å². The minimum atomic E-state index is -0.0449. The van der Waals surface area contributed by atoms with Crippen molar-refractivity contribution in [3.63, 3.8) is 0 Å². The molecule has 1 aliphatic rings. The van der Waals surface area contributed by atoms with E-state index in [1.54, 1.807) is 0 Å². The molecule has 0 aliphatic carbocycles. The maximum absolute atomic E-state index is 12.7. The van der Waals surface area contributed by atoms with Gasteiger partial charge in [0.1, 0.15) is 0 Å². The third kappa shape index (κ3) is 5.63. The Morgan fingerprint density at radius 2 is 1.97 bits per heavy atom. The first kappa shape index (κ1) is 22.8. The summed E-state index contributed by atoms with van der Waals surface area (Å²) in [6.45, 7) is 9.91. The van der Waals surface area contributed by atoms with Crippen LogP contribution in [0.3, 0.4) is 0 Å². The number of carbonyl (C=O) groups excluding carboxylic acids is 1. The lowest BCUT2D eigenvalue weighted by molar-refractivity contribution is 0.214. The summed E-state index contributed by atoms with van der Waals surface area (Å²) in [6, 6.07) is 14.7.